The molecule has 0 saturated carbocycles. The molecule has 5 heteroatoms. The molecule has 1 aromatic carbocycles. The summed E-state index contributed by atoms with van der Waals surface area (Å²) in [5.74, 6) is 0.249. The lowest BCUT2D eigenvalue weighted by molar-refractivity contribution is -0.139. The minimum atomic E-state index is 0.148. The molecule has 5 nitrogen and oxygen atoms in total. The summed E-state index contributed by atoms with van der Waals surface area (Å²) in [6.07, 6.45) is 4.60. The normalized spacial score (nSPS) is 20.6. The van der Waals surface area contributed by atoms with Gasteiger partial charge in [-0.2, -0.15) is 5.26 Å². The van der Waals surface area contributed by atoms with E-state index in [1.54, 1.807) is 0 Å². The van der Waals surface area contributed by atoms with E-state index in [1.165, 1.54) is 5.56 Å². The second-order valence-corrected chi connectivity index (χ2v) is 7.48. The summed E-state index contributed by atoms with van der Waals surface area (Å²) < 4.78 is 0. The van der Waals surface area contributed by atoms with Crippen LogP contribution in [0.3, 0.4) is 0 Å². The Hall–Kier alpha value is -1.90. The average Bonchev–Trinajstić information content (AvgIpc) is 2.65. The van der Waals surface area contributed by atoms with Crippen LogP contribution in [0.1, 0.15) is 43.2 Å². The van der Waals surface area contributed by atoms with Gasteiger partial charge in [-0.1, -0.05) is 12.1 Å². The quantitative estimate of drug-likeness (QED) is 0.891. The second-order valence-electron chi connectivity index (χ2n) is 7.48. The Kier molecular flexibility index (Phi) is 5.72. The van der Waals surface area contributed by atoms with Crippen molar-refractivity contribution in [3.05, 3.63) is 35.4 Å². The molecule has 0 atom stereocenters. The van der Waals surface area contributed by atoms with E-state index in [-0.39, 0.29) is 17.9 Å². The molecule has 1 spiro atoms. The topological polar surface area (TPSA) is 67.6 Å². The molecule has 1 amide bonds. The number of aliphatic hydroxyl groups is 1. The number of hydrogen-bond acceptors (Lipinski definition) is 4. The molecule has 2 aliphatic rings. The van der Waals surface area contributed by atoms with E-state index in [9.17, 15) is 4.79 Å². The highest BCUT2D eigenvalue weighted by Gasteiger charge is 2.40. The fourth-order valence-electron chi connectivity index (χ4n) is 4.10. The Labute approximate surface area is 149 Å². The number of piperidine rings is 2. The zero-order valence-electron chi connectivity index (χ0n) is 14.8. The first-order valence-electron chi connectivity index (χ1n) is 9.24. The predicted molar refractivity (Wildman–Crippen MR) is 95.6 cm³/mol. The molecule has 3 rings (SSSR count). The number of nitrogens with zero attached hydrogens (tertiary/aromatic N) is 3. The molecule has 25 heavy (non-hydrogen) atoms. The van der Waals surface area contributed by atoms with Crippen molar-refractivity contribution in [3.63, 3.8) is 0 Å². The molecular weight excluding hydrogens is 314 g/mol. The van der Waals surface area contributed by atoms with Gasteiger partial charge in [-0.15, -0.1) is 0 Å². The highest BCUT2D eigenvalue weighted by atomic mass is 16.3. The Morgan fingerprint density at radius 1 is 1.16 bits per heavy atom. The third-order valence-electron chi connectivity index (χ3n) is 5.74. The molecule has 2 heterocycles. The summed E-state index contributed by atoms with van der Waals surface area (Å²) in [4.78, 5) is 16.5. The summed E-state index contributed by atoms with van der Waals surface area (Å²) in [6, 6.07) is 10.0. The van der Waals surface area contributed by atoms with Gasteiger partial charge in [-0.05, 0) is 61.9 Å². The molecule has 2 fully saturated rings. The largest absolute Gasteiger partial charge is 0.396 e. The first kappa shape index (κ1) is 17.9. The van der Waals surface area contributed by atoms with E-state index < -0.39 is 0 Å². The smallest absolute Gasteiger partial charge is 0.222 e. The minimum Gasteiger partial charge on any atom is -0.396 e. The molecule has 1 N–H and O–H groups in total. The van der Waals surface area contributed by atoms with Gasteiger partial charge in [0.25, 0.3) is 0 Å². The van der Waals surface area contributed by atoms with Gasteiger partial charge in [-0.3, -0.25) is 9.69 Å². The van der Waals surface area contributed by atoms with Crippen LogP contribution in [0.2, 0.25) is 0 Å². The number of likely N-dealkylation sites (tertiary alicyclic amines) is 2. The molecule has 2 saturated heterocycles. The summed E-state index contributed by atoms with van der Waals surface area (Å²) >= 11 is 0. The maximum Gasteiger partial charge on any atom is 0.222 e. The molecule has 0 unspecified atom stereocenters. The molecule has 0 radical (unpaired) electrons. The Morgan fingerprint density at radius 3 is 2.52 bits per heavy atom. The number of benzene rings is 1. The Morgan fingerprint density at radius 2 is 1.88 bits per heavy atom. The van der Waals surface area contributed by atoms with Crippen molar-refractivity contribution < 1.29 is 9.90 Å². The predicted octanol–water partition coefficient (Wildman–Crippen LogP) is 2.15. The Balaban J connectivity index is 1.53. The van der Waals surface area contributed by atoms with E-state index in [2.05, 4.69) is 11.0 Å². The number of aliphatic hydroxyl groups excluding tert-OH is 1. The zero-order valence-corrected chi connectivity index (χ0v) is 14.8. The SMILES string of the molecule is N#Cc1ccc(CN2CCC3(CCC(=O)N(CCCO)C3)CC2)cc1. The maximum atomic E-state index is 12.1. The second kappa shape index (κ2) is 7.99. The van der Waals surface area contributed by atoms with Crippen LogP contribution in [0.4, 0.5) is 0 Å². The lowest BCUT2D eigenvalue weighted by atomic mass is 9.72. The number of nitriles is 1. The molecule has 0 bridgehead atoms. The third kappa shape index (κ3) is 4.39. The number of rotatable bonds is 5. The van der Waals surface area contributed by atoms with Crippen LogP contribution in [-0.2, 0) is 11.3 Å². The van der Waals surface area contributed by atoms with Gasteiger partial charge >= 0.3 is 0 Å². The van der Waals surface area contributed by atoms with Gasteiger partial charge in [0, 0.05) is 32.7 Å². The Bertz CT molecular complexity index is 627. The van der Waals surface area contributed by atoms with E-state index in [0.29, 0.717) is 24.9 Å². The molecule has 0 aliphatic carbocycles. The van der Waals surface area contributed by atoms with Gasteiger partial charge in [0.1, 0.15) is 0 Å². The van der Waals surface area contributed by atoms with Crippen molar-refractivity contribution in [2.45, 2.75) is 38.6 Å². The number of carbonyl (C=O) groups excluding carboxylic acids is 1. The molecular formula is C20H27N3O2. The fraction of sp³-hybridized carbons (Fsp3) is 0.600. The fourth-order valence-corrected chi connectivity index (χ4v) is 4.10. The molecule has 2 aliphatic heterocycles. The van der Waals surface area contributed by atoms with Crippen molar-refractivity contribution in [1.82, 2.24) is 9.80 Å². The van der Waals surface area contributed by atoms with Gasteiger partial charge in [0.15, 0.2) is 0 Å². The van der Waals surface area contributed by atoms with E-state index in [1.807, 2.05) is 29.2 Å². The average molecular weight is 341 g/mol. The van der Waals surface area contributed by atoms with Crippen molar-refractivity contribution in [1.29, 1.82) is 5.26 Å². The number of amides is 1. The van der Waals surface area contributed by atoms with E-state index >= 15 is 0 Å². The van der Waals surface area contributed by atoms with Crippen molar-refractivity contribution in [2.75, 3.05) is 32.8 Å². The van der Waals surface area contributed by atoms with Crippen LogP contribution in [-0.4, -0.2) is 53.6 Å². The van der Waals surface area contributed by atoms with E-state index in [0.717, 1.165) is 45.4 Å². The van der Waals surface area contributed by atoms with Crippen LogP contribution < -0.4 is 0 Å². The van der Waals surface area contributed by atoms with E-state index in [4.69, 9.17) is 10.4 Å². The van der Waals surface area contributed by atoms with Crippen LogP contribution in [0.15, 0.2) is 24.3 Å². The minimum absolute atomic E-state index is 0.148. The van der Waals surface area contributed by atoms with Crippen LogP contribution >= 0.6 is 0 Å². The van der Waals surface area contributed by atoms with Gasteiger partial charge < -0.3 is 10.0 Å². The molecule has 1 aromatic rings. The first-order chi connectivity index (χ1) is 12.1. The van der Waals surface area contributed by atoms with Crippen molar-refractivity contribution >= 4 is 5.91 Å². The maximum absolute atomic E-state index is 12.1. The monoisotopic (exact) mass is 341 g/mol. The summed E-state index contributed by atoms with van der Waals surface area (Å²) in [5.41, 5.74) is 2.22. The molecule has 0 aromatic heterocycles. The highest BCUT2D eigenvalue weighted by molar-refractivity contribution is 5.77. The van der Waals surface area contributed by atoms with Crippen molar-refractivity contribution in [3.8, 4) is 6.07 Å². The summed E-state index contributed by atoms with van der Waals surface area (Å²) in [6.45, 7) is 4.73. The van der Waals surface area contributed by atoms with Crippen LogP contribution in [0.25, 0.3) is 0 Å². The lowest BCUT2D eigenvalue weighted by Crippen LogP contribution is -2.51. The standard InChI is InChI=1S/C20H27N3O2/c21-14-17-2-4-18(5-3-17)15-22-11-8-20(9-12-22)7-6-19(25)23(16-20)10-1-13-24/h2-5,24H,1,6-13,15-16H2. The third-order valence-corrected chi connectivity index (χ3v) is 5.74. The summed E-state index contributed by atoms with van der Waals surface area (Å²) in [5, 5.41) is 17.9. The first-order valence-corrected chi connectivity index (χ1v) is 9.24. The number of hydrogen-bond donors (Lipinski definition) is 1. The van der Waals surface area contributed by atoms with Gasteiger partial charge in [0.2, 0.25) is 5.91 Å². The summed E-state index contributed by atoms with van der Waals surface area (Å²) in [7, 11) is 0. The number of carbonyl (C=O) groups is 1. The van der Waals surface area contributed by atoms with Crippen LogP contribution in [0, 0.1) is 16.7 Å². The highest BCUT2D eigenvalue weighted by Crippen LogP contribution is 2.40. The molecule has 134 valence electrons. The van der Waals surface area contributed by atoms with Gasteiger partial charge in [-0.25, -0.2) is 0 Å². The van der Waals surface area contributed by atoms with Crippen LogP contribution in [0.5, 0.6) is 0 Å². The zero-order chi connectivity index (χ0) is 17.7. The van der Waals surface area contributed by atoms with Gasteiger partial charge in [0.05, 0.1) is 11.6 Å². The van der Waals surface area contributed by atoms with Crippen molar-refractivity contribution in [2.24, 2.45) is 5.41 Å². The lowest BCUT2D eigenvalue weighted by Gasteiger charge is -2.47.